The third-order valence-corrected chi connectivity index (χ3v) is 3.80. The van der Waals surface area contributed by atoms with Crippen LogP contribution in [-0.4, -0.2) is 16.5 Å². The van der Waals surface area contributed by atoms with Crippen molar-refractivity contribution in [2.45, 2.75) is 12.8 Å². The number of amides is 1. The van der Waals surface area contributed by atoms with Gasteiger partial charge in [0.25, 0.3) is 11.6 Å². The first-order valence-electron chi connectivity index (χ1n) is 6.43. The van der Waals surface area contributed by atoms with Crippen LogP contribution in [0.25, 0.3) is 0 Å². The number of non-ortho nitro benzene ring substituents is 1. The Hall–Kier alpha value is -2.50. The molecule has 3 rings (SSSR count). The monoisotopic (exact) mass is 271 g/mol. The van der Waals surface area contributed by atoms with Gasteiger partial charge < -0.3 is 0 Å². The van der Waals surface area contributed by atoms with Crippen LogP contribution in [0.5, 0.6) is 0 Å². The quantitative estimate of drug-likeness (QED) is 0.520. The molecule has 0 unspecified atom stereocenters. The van der Waals surface area contributed by atoms with Crippen LogP contribution in [0.4, 0.5) is 5.69 Å². The molecule has 0 spiro atoms. The fourth-order valence-electron chi connectivity index (χ4n) is 2.58. The second-order valence-corrected chi connectivity index (χ2v) is 4.99. The molecule has 1 aromatic carbocycles. The summed E-state index contributed by atoms with van der Waals surface area (Å²) in [5.41, 5.74) is 3.86. The Labute approximate surface area is 115 Å². The van der Waals surface area contributed by atoms with Crippen LogP contribution in [-0.2, 0) is 0 Å². The van der Waals surface area contributed by atoms with E-state index in [1.54, 1.807) is 0 Å². The molecule has 6 nitrogen and oxygen atoms in total. The SMILES string of the molecule is O=C(N/N=C1\C[C@@H]2C=CC[C@@H]12)c1ccc([N+](=O)[O-])cc1. The highest BCUT2D eigenvalue weighted by Gasteiger charge is 2.37. The number of fused-ring (bicyclic) bond motifs is 1. The number of hydrogen-bond donors (Lipinski definition) is 1. The zero-order chi connectivity index (χ0) is 14.1. The van der Waals surface area contributed by atoms with Gasteiger partial charge in [0.15, 0.2) is 0 Å². The maximum atomic E-state index is 11.9. The maximum Gasteiger partial charge on any atom is 0.271 e. The minimum atomic E-state index is -0.497. The molecule has 1 saturated carbocycles. The molecule has 1 N–H and O–H groups in total. The summed E-state index contributed by atoms with van der Waals surface area (Å²) >= 11 is 0. The average Bonchev–Trinajstić information content (AvgIpc) is 2.80. The molecule has 0 aliphatic heterocycles. The van der Waals surface area contributed by atoms with E-state index in [1.807, 2.05) is 0 Å². The molecule has 2 aliphatic rings. The van der Waals surface area contributed by atoms with Crippen LogP contribution in [0, 0.1) is 22.0 Å². The number of nitro benzene ring substituents is 1. The first-order valence-corrected chi connectivity index (χ1v) is 6.43. The van der Waals surface area contributed by atoms with Gasteiger partial charge in [0.1, 0.15) is 0 Å². The summed E-state index contributed by atoms with van der Waals surface area (Å²) in [6, 6.07) is 5.47. The molecule has 6 heteroatoms. The van der Waals surface area contributed by atoms with Gasteiger partial charge >= 0.3 is 0 Å². The van der Waals surface area contributed by atoms with Gasteiger partial charge in [-0.25, -0.2) is 5.43 Å². The van der Waals surface area contributed by atoms with Crippen molar-refractivity contribution in [2.24, 2.45) is 16.9 Å². The van der Waals surface area contributed by atoms with Gasteiger partial charge in [0.05, 0.1) is 4.92 Å². The van der Waals surface area contributed by atoms with Gasteiger partial charge in [-0.3, -0.25) is 14.9 Å². The number of allylic oxidation sites excluding steroid dienone is 2. The summed E-state index contributed by atoms with van der Waals surface area (Å²) < 4.78 is 0. The summed E-state index contributed by atoms with van der Waals surface area (Å²) in [7, 11) is 0. The normalized spacial score (nSPS) is 25.1. The summed E-state index contributed by atoms with van der Waals surface area (Å²) in [5.74, 6) is 0.694. The van der Waals surface area contributed by atoms with Crippen LogP contribution in [0.2, 0.25) is 0 Å². The number of nitrogens with one attached hydrogen (secondary N) is 1. The first kappa shape index (κ1) is 12.5. The molecule has 0 bridgehead atoms. The zero-order valence-corrected chi connectivity index (χ0v) is 10.7. The molecule has 2 aliphatic carbocycles. The van der Waals surface area contributed by atoms with E-state index in [2.05, 4.69) is 22.7 Å². The molecule has 2 atom stereocenters. The number of nitro groups is 1. The van der Waals surface area contributed by atoms with Crippen LogP contribution in [0.3, 0.4) is 0 Å². The van der Waals surface area contributed by atoms with Crippen LogP contribution < -0.4 is 5.43 Å². The lowest BCUT2D eigenvalue weighted by atomic mass is 9.74. The number of rotatable bonds is 3. The highest BCUT2D eigenvalue weighted by molar-refractivity contribution is 5.98. The van der Waals surface area contributed by atoms with Crippen LogP contribution >= 0.6 is 0 Å². The lowest BCUT2D eigenvalue weighted by Crippen LogP contribution is -2.35. The van der Waals surface area contributed by atoms with E-state index >= 15 is 0 Å². The van der Waals surface area contributed by atoms with Gasteiger partial charge in [-0.2, -0.15) is 5.10 Å². The topological polar surface area (TPSA) is 84.6 Å². The Morgan fingerprint density at radius 3 is 2.75 bits per heavy atom. The standard InChI is InChI=1S/C14H13N3O3/c18-14(9-4-6-11(7-5-9)17(19)20)16-15-13-8-10-2-1-3-12(10)13/h1-2,4-7,10,12H,3,8H2,(H,16,18)/b15-13+/t10-,12+/m0/s1. The van der Waals surface area contributed by atoms with Crippen molar-refractivity contribution in [3.8, 4) is 0 Å². The molecular formula is C14H13N3O3. The molecule has 0 heterocycles. The molecule has 20 heavy (non-hydrogen) atoms. The second-order valence-electron chi connectivity index (χ2n) is 4.99. The molecular weight excluding hydrogens is 258 g/mol. The lowest BCUT2D eigenvalue weighted by Gasteiger charge is -2.31. The molecule has 1 amide bonds. The number of nitrogens with zero attached hydrogens (tertiary/aromatic N) is 2. The highest BCUT2D eigenvalue weighted by Crippen LogP contribution is 2.40. The van der Waals surface area contributed by atoms with E-state index in [0.717, 1.165) is 18.6 Å². The third-order valence-electron chi connectivity index (χ3n) is 3.80. The Balaban J connectivity index is 1.62. The van der Waals surface area contributed by atoms with E-state index in [0.29, 0.717) is 17.4 Å². The molecule has 0 aromatic heterocycles. The fraction of sp³-hybridized carbons (Fsp3) is 0.286. The van der Waals surface area contributed by atoms with E-state index in [9.17, 15) is 14.9 Å². The third kappa shape index (κ3) is 2.20. The summed E-state index contributed by atoms with van der Waals surface area (Å²) in [6.45, 7) is 0. The number of hydrazone groups is 1. The van der Waals surface area contributed by atoms with Crippen molar-refractivity contribution in [3.05, 3.63) is 52.1 Å². The van der Waals surface area contributed by atoms with Crippen molar-refractivity contribution in [2.75, 3.05) is 0 Å². The maximum absolute atomic E-state index is 11.9. The molecule has 1 fully saturated rings. The molecule has 0 radical (unpaired) electrons. The number of benzene rings is 1. The number of hydrogen-bond acceptors (Lipinski definition) is 4. The largest absolute Gasteiger partial charge is 0.271 e. The minimum Gasteiger partial charge on any atom is -0.267 e. The number of carbonyl (C=O) groups excluding carboxylic acids is 1. The van der Waals surface area contributed by atoms with Crippen molar-refractivity contribution in [1.82, 2.24) is 5.43 Å². The Morgan fingerprint density at radius 2 is 2.10 bits per heavy atom. The second kappa shape index (κ2) is 4.88. The molecule has 1 aromatic rings. The van der Waals surface area contributed by atoms with Crippen molar-refractivity contribution in [1.29, 1.82) is 0 Å². The van der Waals surface area contributed by atoms with E-state index in [4.69, 9.17) is 0 Å². The zero-order valence-electron chi connectivity index (χ0n) is 10.7. The number of carbonyl (C=O) groups is 1. The fourth-order valence-corrected chi connectivity index (χ4v) is 2.58. The van der Waals surface area contributed by atoms with Gasteiger partial charge in [-0.05, 0) is 30.9 Å². The van der Waals surface area contributed by atoms with Gasteiger partial charge in [-0.15, -0.1) is 0 Å². The Kier molecular flexibility index (Phi) is 3.06. The minimum absolute atomic E-state index is 0.0354. The highest BCUT2D eigenvalue weighted by atomic mass is 16.6. The first-order chi connectivity index (χ1) is 9.65. The predicted molar refractivity (Wildman–Crippen MR) is 73.4 cm³/mol. The van der Waals surface area contributed by atoms with Crippen molar-refractivity contribution in [3.63, 3.8) is 0 Å². The summed E-state index contributed by atoms with van der Waals surface area (Å²) in [5, 5.41) is 14.7. The van der Waals surface area contributed by atoms with Crippen LogP contribution in [0.15, 0.2) is 41.5 Å². The van der Waals surface area contributed by atoms with E-state index in [-0.39, 0.29) is 11.6 Å². The van der Waals surface area contributed by atoms with Gasteiger partial charge in [0, 0.05) is 29.3 Å². The Morgan fingerprint density at radius 1 is 1.35 bits per heavy atom. The predicted octanol–water partition coefficient (Wildman–Crippen LogP) is 2.28. The summed E-state index contributed by atoms with van der Waals surface area (Å²) in [4.78, 5) is 21.9. The Bertz CT molecular complexity index is 619. The smallest absolute Gasteiger partial charge is 0.267 e. The lowest BCUT2D eigenvalue weighted by molar-refractivity contribution is -0.384. The van der Waals surface area contributed by atoms with E-state index < -0.39 is 4.92 Å². The molecule has 102 valence electrons. The van der Waals surface area contributed by atoms with Crippen molar-refractivity contribution < 1.29 is 9.72 Å². The van der Waals surface area contributed by atoms with Crippen molar-refractivity contribution >= 4 is 17.3 Å². The molecule has 0 saturated heterocycles. The van der Waals surface area contributed by atoms with Crippen LogP contribution in [0.1, 0.15) is 23.2 Å². The van der Waals surface area contributed by atoms with Gasteiger partial charge in [0.2, 0.25) is 0 Å². The summed E-state index contributed by atoms with van der Waals surface area (Å²) in [6.07, 6.45) is 6.25. The van der Waals surface area contributed by atoms with Gasteiger partial charge in [-0.1, -0.05) is 12.2 Å². The van der Waals surface area contributed by atoms with E-state index in [1.165, 1.54) is 24.3 Å². The average molecular weight is 271 g/mol.